The Balaban J connectivity index is 4.14. The van der Waals surface area contributed by atoms with E-state index in [0.29, 0.717) is 19.4 Å². The van der Waals surface area contributed by atoms with E-state index in [1.54, 1.807) is 0 Å². The lowest BCUT2D eigenvalue weighted by molar-refractivity contribution is -0.150. The molecule has 6 nitrogen and oxygen atoms in total. The van der Waals surface area contributed by atoms with Gasteiger partial charge in [0.05, 0.1) is 12.7 Å². The van der Waals surface area contributed by atoms with Crippen molar-refractivity contribution in [2.45, 2.75) is 226 Å². The molecule has 0 fully saturated rings. The van der Waals surface area contributed by atoms with Gasteiger partial charge in [0.25, 0.3) is 0 Å². The van der Waals surface area contributed by atoms with Crippen LogP contribution >= 0.6 is 0 Å². The molecule has 0 saturated carbocycles. The van der Waals surface area contributed by atoms with Crippen LogP contribution in [0.5, 0.6) is 0 Å². The van der Waals surface area contributed by atoms with E-state index in [-0.39, 0.29) is 30.8 Å². The van der Waals surface area contributed by atoms with Gasteiger partial charge in [0.2, 0.25) is 0 Å². The molecule has 0 bridgehead atoms. The zero-order valence-electron chi connectivity index (χ0n) is 32.0. The molecule has 0 spiro atoms. The maximum atomic E-state index is 12.7. The molecule has 6 heteroatoms. The smallest absolute Gasteiger partial charge is 0.306 e. The molecular formula is C41H81NO5. The highest BCUT2D eigenvalue weighted by atomic mass is 16.5. The lowest BCUT2D eigenvalue weighted by Gasteiger charge is -2.21. The van der Waals surface area contributed by atoms with Crippen LogP contribution in [0.3, 0.4) is 0 Å². The highest BCUT2D eigenvalue weighted by molar-refractivity contribution is 5.69. The van der Waals surface area contributed by atoms with Crippen LogP contribution in [0.1, 0.15) is 214 Å². The fraction of sp³-hybridized carbons (Fsp3) is 0.951. The minimum Gasteiger partial charge on any atom is -0.463 e. The predicted molar refractivity (Wildman–Crippen MR) is 200 cm³/mol. The number of aliphatic hydroxyl groups excluding tert-OH is 1. The summed E-state index contributed by atoms with van der Waals surface area (Å²) in [4.78, 5) is 27.2. The number of esters is 2. The number of hydrogen-bond donors (Lipinski definition) is 1. The Morgan fingerprint density at radius 2 is 0.872 bits per heavy atom. The van der Waals surface area contributed by atoms with Gasteiger partial charge in [-0.2, -0.15) is 0 Å². The summed E-state index contributed by atoms with van der Waals surface area (Å²) in [6.45, 7) is 11.5. The first-order valence-electron chi connectivity index (χ1n) is 20.7. The Hall–Kier alpha value is -1.14. The summed E-state index contributed by atoms with van der Waals surface area (Å²) in [5.41, 5.74) is 0. The molecule has 1 N–H and O–H groups in total. The third kappa shape index (κ3) is 33.1. The van der Waals surface area contributed by atoms with Crippen molar-refractivity contribution in [1.29, 1.82) is 0 Å². The van der Waals surface area contributed by atoms with Crippen LogP contribution < -0.4 is 0 Å². The largest absolute Gasteiger partial charge is 0.463 e. The van der Waals surface area contributed by atoms with Gasteiger partial charge in [0.1, 0.15) is 6.10 Å². The zero-order valence-corrected chi connectivity index (χ0v) is 32.0. The van der Waals surface area contributed by atoms with E-state index >= 15 is 0 Å². The molecule has 0 radical (unpaired) electrons. The fourth-order valence-corrected chi connectivity index (χ4v) is 6.41. The average molecular weight is 668 g/mol. The first-order chi connectivity index (χ1) is 23.0. The van der Waals surface area contributed by atoms with Gasteiger partial charge < -0.3 is 19.5 Å². The number of carbonyl (C=O) groups is 2. The van der Waals surface area contributed by atoms with Crippen molar-refractivity contribution in [1.82, 2.24) is 4.90 Å². The summed E-state index contributed by atoms with van der Waals surface area (Å²) in [7, 11) is 0. The van der Waals surface area contributed by atoms with Crippen molar-refractivity contribution in [2.24, 2.45) is 0 Å². The van der Waals surface area contributed by atoms with Crippen molar-refractivity contribution >= 4 is 11.9 Å². The third-order valence-corrected chi connectivity index (χ3v) is 9.48. The van der Waals surface area contributed by atoms with E-state index in [0.717, 1.165) is 77.3 Å². The highest BCUT2D eigenvalue weighted by Crippen LogP contribution is 2.18. The summed E-state index contributed by atoms with van der Waals surface area (Å²) < 4.78 is 11.6. The molecule has 0 rings (SSSR count). The number of nitrogens with zero attached hydrogens (tertiary/aromatic N) is 1. The lowest BCUT2D eigenvalue weighted by Crippen LogP contribution is -2.29. The van der Waals surface area contributed by atoms with E-state index in [1.165, 1.54) is 109 Å². The number of hydrogen-bond acceptors (Lipinski definition) is 6. The normalized spacial score (nSPS) is 12.2. The molecule has 0 aromatic rings. The Morgan fingerprint density at radius 1 is 0.489 bits per heavy atom. The SMILES string of the molecule is CCCCCCCCC(CCCCCCCC)OC(=O)CCCCCN(CCO)CCCCCC(=O)O[C@H](C)CCCCCCCC. The van der Waals surface area contributed by atoms with Crippen molar-refractivity contribution in [2.75, 3.05) is 26.2 Å². The molecule has 0 saturated heterocycles. The second-order valence-electron chi connectivity index (χ2n) is 14.3. The fourth-order valence-electron chi connectivity index (χ4n) is 6.41. The van der Waals surface area contributed by atoms with Gasteiger partial charge >= 0.3 is 11.9 Å². The maximum Gasteiger partial charge on any atom is 0.306 e. The molecule has 0 amide bonds. The average Bonchev–Trinajstić information content (AvgIpc) is 3.05. The Morgan fingerprint density at radius 3 is 1.32 bits per heavy atom. The van der Waals surface area contributed by atoms with Crippen molar-refractivity contribution in [3.63, 3.8) is 0 Å². The topological polar surface area (TPSA) is 76.1 Å². The molecule has 0 aliphatic carbocycles. The van der Waals surface area contributed by atoms with E-state index in [1.807, 2.05) is 6.92 Å². The molecule has 0 aliphatic rings. The van der Waals surface area contributed by atoms with Crippen LogP contribution in [0.15, 0.2) is 0 Å². The number of aliphatic hydroxyl groups is 1. The van der Waals surface area contributed by atoms with E-state index in [2.05, 4.69) is 25.7 Å². The summed E-state index contributed by atoms with van der Waals surface area (Å²) in [5.74, 6) is -0.0835. The van der Waals surface area contributed by atoms with Crippen LogP contribution in [0.25, 0.3) is 0 Å². The Kier molecular flexibility index (Phi) is 35.3. The minimum atomic E-state index is -0.0645. The molecule has 0 heterocycles. The zero-order chi connectivity index (χ0) is 34.6. The van der Waals surface area contributed by atoms with Crippen LogP contribution in [-0.4, -0.2) is 60.4 Å². The highest BCUT2D eigenvalue weighted by Gasteiger charge is 2.15. The van der Waals surface area contributed by atoms with Crippen LogP contribution in [-0.2, 0) is 19.1 Å². The van der Waals surface area contributed by atoms with Gasteiger partial charge in [-0.05, 0) is 84.2 Å². The van der Waals surface area contributed by atoms with E-state index in [9.17, 15) is 14.7 Å². The predicted octanol–water partition coefficient (Wildman–Crippen LogP) is 11.5. The van der Waals surface area contributed by atoms with Crippen LogP contribution in [0.2, 0.25) is 0 Å². The number of rotatable bonds is 37. The molecule has 1 atom stereocenters. The standard InChI is InChI=1S/C41H81NO5/c1-5-8-11-14-17-22-29-38(4)46-40(44)32-25-20-27-34-42(36-37-43)35-28-21-26-33-41(45)47-39(30-23-18-15-12-9-6-2)31-24-19-16-13-10-7-3/h38-39,43H,5-37H2,1-4H3/t38-/m1/s1. The summed E-state index contributed by atoms with van der Waals surface area (Å²) in [6.07, 6.45) is 32.7. The van der Waals surface area contributed by atoms with Gasteiger partial charge in [0.15, 0.2) is 0 Å². The molecule has 280 valence electrons. The number of carbonyl (C=O) groups excluding carboxylic acids is 2. The first-order valence-corrected chi connectivity index (χ1v) is 20.7. The first kappa shape index (κ1) is 45.9. The third-order valence-electron chi connectivity index (χ3n) is 9.48. The van der Waals surface area contributed by atoms with Crippen molar-refractivity contribution < 1.29 is 24.2 Å². The summed E-state index contributed by atoms with van der Waals surface area (Å²) >= 11 is 0. The molecular weight excluding hydrogens is 586 g/mol. The van der Waals surface area contributed by atoms with Crippen molar-refractivity contribution in [3.05, 3.63) is 0 Å². The van der Waals surface area contributed by atoms with E-state index < -0.39 is 0 Å². The minimum absolute atomic E-state index is 0.0190. The quantitative estimate of drug-likeness (QED) is 0.0525. The van der Waals surface area contributed by atoms with Gasteiger partial charge in [-0.1, -0.05) is 130 Å². The molecule has 0 aromatic heterocycles. The van der Waals surface area contributed by atoms with Crippen LogP contribution in [0.4, 0.5) is 0 Å². The maximum absolute atomic E-state index is 12.7. The van der Waals surface area contributed by atoms with Gasteiger partial charge in [0, 0.05) is 19.4 Å². The second kappa shape index (κ2) is 36.1. The lowest BCUT2D eigenvalue weighted by atomic mass is 10.0. The molecule has 0 unspecified atom stereocenters. The van der Waals surface area contributed by atoms with Crippen molar-refractivity contribution in [3.8, 4) is 0 Å². The van der Waals surface area contributed by atoms with Crippen LogP contribution in [0, 0.1) is 0 Å². The van der Waals surface area contributed by atoms with Gasteiger partial charge in [-0.15, -0.1) is 0 Å². The molecule has 47 heavy (non-hydrogen) atoms. The van der Waals surface area contributed by atoms with Gasteiger partial charge in [-0.3, -0.25) is 9.59 Å². The van der Waals surface area contributed by atoms with E-state index in [4.69, 9.17) is 9.47 Å². The number of unbranched alkanes of at least 4 members (excludes halogenated alkanes) is 19. The Labute approximate surface area is 292 Å². The molecule has 0 aliphatic heterocycles. The van der Waals surface area contributed by atoms with Gasteiger partial charge in [-0.25, -0.2) is 0 Å². The Bertz CT molecular complexity index is 656. The summed E-state index contributed by atoms with van der Waals surface area (Å²) in [5, 5.41) is 9.54. The monoisotopic (exact) mass is 668 g/mol. The summed E-state index contributed by atoms with van der Waals surface area (Å²) in [6, 6.07) is 0. The number of ether oxygens (including phenoxy) is 2. The molecule has 0 aromatic carbocycles. The second-order valence-corrected chi connectivity index (χ2v) is 14.3.